The van der Waals surface area contributed by atoms with Gasteiger partial charge in [-0.1, -0.05) is 29.3 Å². The second-order valence-corrected chi connectivity index (χ2v) is 11.2. The second kappa shape index (κ2) is 13.1. The average Bonchev–Trinajstić information content (AvgIpc) is 3.51. The minimum atomic E-state index is -0.0959. The first-order valence-corrected chi connectivity index (χ1v) is 14.6. The molecular formula is C27H30Cl2N6O3S. The Morgan fingerprint density at radius 3 is 2.44 bits per heavy atom. The number of hydrogen-bond donors (Lipinski definition) is 0. The van der Waals surface area contributed by atoms with Gasteiger partial charge in [0, 0.05) is 62.9 Å². The van der Waals surface area contributed by atoms with Crippen LogP contribution < -0.4 is 4.90 Å². The fourth-order valence-electron chi connectivity index (χ4n) is 4.68. The van der Waals surface area contributed by atoms with Gasteiger partial charge in [0.1, 0.15) is 6.54 Å². The van der Waals surface area contributed by atoms with Crippen LogP contribution in [0.3, 0.4) is 0 Å². The molecule has 3 aromatic rings. The molecular weight excluding hydrogens is 559 g/mol. The first-order chi connectivity index (χ1) is 19.0. The van der Waals surface area contributed by atoms with E-state index >= 15 is 0 Å². The largest absolute Gasteiger partial charge is 0.379 e. The summed E-state index contributed by atoms with van der Waals surface area (Å²) < 4.78 is 5.43. The summed E-state index contributed by atoms with van der Waals surface area (Å²) in [6.45, 7) is 6.74. The molecule has 2 amide bonds. The topological polar surface area (TPSA) is 82.1 Å². The lowest BCUT2D eigenvalue weighted by atomic mass is 10.1. The highest BCUT2D eigenvalue weighted by Gasteiger charge is 2.27. The fraction of sp³-hybridized carbons (Fsp3) is 0.407. The highest BCUT2D eigenvalue weighted by molar-refractivity contribution is 7.12. The normalized spacial score (nSPS) is 16.4. The number of halogens is 2. The van der Waals surface area contributed by atoms with Crippen molar-refractivity contribution < 1.29 is 14.3 Å². The van der Waals surface area contributed by atoms with Crippen molar-refractivity contribution in [3.8, 4) is 11.3 Å². The first kappa shape index (κ1) is 27.8. The summed E-state index contributed by atoms with van der Waals surface area (Å²) in [5, 5.41) is 11.7. The van der Waals surface area contributed by atoms with Crippen LogP contribution in [0.2, 0.25) is 10.0 Å². The molecule has 0 bridgehead atoms. The zero-order valence-electron chi connectivity index (χ0n) is 21.5. The molecule has 1 aromatic carbocycles. The molecule has 0 radical (unpaired) electrons. The summed E-state index contributed by atoms with van der Waals surface area (Å²) in [5.74, 6) is 0.609. The number of aromatic nitrogens is 2. The number of ether oxygens (including phenoxy) is 1. The molecule has 2 fully saturated rings. The molecule has 2 aromatic heterocycles. The van der Waals surface area contributed by atoms with E-state index in [9.17, 15) is 9.59 Å². The number of benzene rings is 1. The Hall–Kier alpha value is -2.76. The monoisotopic (exact) mass is 588 g/mol. The molecule has 2 saturated heterocycles. The van der Waals surface area contributed by atoms with Crippen molar-refractivity contribution in [3.05, 3.63) is 62.8 Å². The molecule has 0 unspecified atom stereocenters. The second-order valence-electron chi connectivity index (χ2n) is 9.43. The van der Waals surface area contributed by atoms with Gasteiger partial charge >= 0.3 is 0 Å². The van der Waals surface area contributed by atoms with Crippen LogP contribution in [0, 0.1) is 0 Å². The molecule has 2 aliphatic rings. The van der Waals surface area contributed by atoms with Gasteiger partial charge in [-0.3, -0.25) is 14.5 Å². The van der Waals surface area contributed by atoms with Crippen LogP contribution in [-0.4, -0.2) is 109 Å². The summed E-state index contributed by atoms with van der Waals surface area (Å²) >= 11 is 13.7. The van der Waals surface area contributed by atoms with Crippen molar-refractivity contribution in [3.63, 3.8) is 0 Å². The number of carbonyl (C=O) groups excluding carboxylic acids is 2. The van der Waals surface area contributed by atoms with Gasteiger partial charge in [-0.15, -0.1) is 21.5 Å². The minimum absolute atomic E-state index is 0.0413. The Morgan fingerprint density at radius 1 is 0.974 bits per heavy atom. The number of piperazine rings is 1. The summed E-state index contributed by atoms with van der Waals surface area (Å²) in [4.78, 5) is 35.0. The van der Waals surface area contributed by atoms with E-state index in [4.69, 9.17) is 27.9 Å². The maximum absolute atomic E-state index is 13.3. The minimum Gasteiger partial charge on any atom is -0.379 e. The van der Waals surface area contributed by atoms with Crippen LogP contribution in [0.1, 0.15) is 9.67 Å². The molecule has 0 N–H and O–H groups in total. The van der Waals surface area contributed by atoms with Crippen molar-refractivity contribution in [1.82, 2.24) is 24.9 Å². The molecule has 0 saturated carbocycles. The van der Waals surface area contributed by atoms with Crippen LogP contribution >= 0.6 is 34.5 Å². The lowest BCUT2D eigenvalue weighted by molar-refractivity contribution is -0.132. The van der Waals surface area contributed by atoms with E-state index in [2.05, 4.69) is 20.0 Å². The van der Waals surface area contributed by atoms with Gasteiger partial charge in [-0.25, -0.2) is 0 Å². The third kappa shape index (κ3) is 7.06. The molecule has 5 rings (SSSR count). The van der Waals surface area contributed by atoms with E-state index in [-0.39, 0.29) is 18.4 Å². The maximum Gasteiger partial charge on any atom is 0.264 e. The third-order valence-corrected chi connectivity index (χ3v) is 8.35. The van der Waals surface area contributed by atoms with E-state index in [1.807, 2.05) is 40.6 Å². The molecule has 206 valence electrons. The SMILES string of the molecule is O=C(CN(CCN1CCOCC1)C(=O)c1cccs1)N1CCN(c2ccc(-c3ccc(Cl)cc3Cl)nn2)CC1. The van der Waals surface area contributed by atoms with Gasteiger partial charge in [0.2, 0.25) is 5.91 Å². The zero-order valence-corrected chi connectivity index (χ0v) is 23.8. The van der Waals surface area contributed by atoms with Gasteiger partial charge in [-0.05, 0) is 41.8 Å². The van der Waals surface area contributed by atoms with Crippen LogP contribution in [0.5, 0.6) is 0 Å². The molecule has 9 nitrogen and oxygen atoms in total. The number of amides is 2. The van der Waals surface area contributed by atoms with Crippen molar-refractivity contribution in [2.24, 2.45) is 0 Å². The fourth-order valence-corrected chi connectivity index (χ4v) is 5.87. The Kier molecular flexibility index (Phi) is 9.31. The predicted molar refractivity (Wildman–Crippen MR) is 154 cm³/mol. The molecule has 0 spiro atoms. The van der Waals surface area contributed by atoms with E-state index < -0.39 is 0 Å². The summed E-state index contributed by atoms with van der Waals surface area (Å²) in [6, 6.07) is 12.7. The maximum atomic E-state index is 13.3. The van der Waals surface area contributed by atoms with Crippen LogP contribution in [-0.2, 0) is 9.53 Å². The molecule has 0 atom stereocenters. The number of thiophene rings is 1. The van der Waals surface area contributed by atoms with Crippen LogP contribution in [0.4, 0.5) is 5.82 Å². The van der Waals surface area contributed by atoms with Gasteiger partial charge in [0.05, 0.1) is 28.8 Å². The van der Waals surface area contributed by atoms with Crippen LogP contribution in [0.15, 0.2) is 47.8 Å². The highest BCUT2D eigenvalue weighted by atomic mass is 35.5. The summed E-state index contributed by atoms with van der Waals surface area (Å²) in [5.41, 5.74) is 1.44. The zero-order chi connectivity index (χ0) is 27.2. The predicted octanol–water partition coefficient (Wildman–Crippen LogP) is 3.64. The molecule has 4 heterocycles. The number of rotatable bonds is 8. The first-order valence-electron chi connectivity index (χ1n) is 12.9. The number of nitrogens with zero attached hydrogens (tertiary/aromatic N) is 6. The number of hydrogen-bond acceptors (Lipinski definition) is 8. The van der Waals surface area contributed by atoms with Gasteiger partial charge in [-0.2, -0.15) is 0 Å². The van der Waals surface area contributed by atoms with Gasteiger partial charge in [0.15, 0.2) is 5.82 Å². The third-order valence-electron chi connectivity index (χ3n) is 6.95. The van der Waals surface area contributed by atoms with Crippen molar-refractivity contribution >= 4 is 52.2 Å². The van der Waals surface area contributed by atoms with Gasteiger partial charge < -0.3 is 19.4 Å². The Morgan fingerprint density at radius 2 is 1.77 bits per heavy atom. The Balaban J connectivity index is 1.17. The van der Waals surface area contributed by atoms with Crippen molar-refractivity contribution in [2.75, 3.05) is 77.0 Å². The molecule has 2 aliphatic heterocycles. The quantitative estimate of drug-likeness (QED) is 0.397. The average molecular weight is 590 g/mol. The molecule has 0 aliphatic carbocycles. The Labute approximate surface area is 241 Å². The van der Waals surface area contributed by atoms with E-state index in [1.165, 1.54) is 11.3 Å². The Bertz CT molecular complexity index is 1260. The summed E-state index contributed by atoms with van der Waals surface area (Å²) in [6.07, 6.45) is 0. The van der Waals surface area contributed by atoms with E-state index in [1.54, 1.807) is 17.0 Å². The molecule has 12 heteroatoms. The number of morpholine rings is 1. The van der Waals surface area contributed by atoms with Crippen molar-refractivity contribution in [1.29, 1.82) is 0 Å². The highest BCUT2D eigenvalue weighted by Crippen LogP contribution is 2.29. The lowest BCUT2D eigenvalue weighted by Gasteiger charge is -2.36. The smallest absolute Gasteiger partial charge is 0.264 e. The van der Waals surface area contributed by atoms with E-state index in [0.29, 0.717) is 66.6 Å². The lowest BCUT2D eigenvalue weighted by Crippen LogP contribution is -2.52. The number of anilines is 1. The van der Waals surface area contributed by atoms with E-state index in [0.717, 1.165) is 31.0 Å². The summed E-state index contributed by atoms with van der Waals surface area (Å²) in [7, 11) is 0. The van der Waals surface area contributed by atoms with Crippen molar-refractivity contribution in [2.45, 2.75) is 0 Å². The number of carbonyl (C=O) groups is 2. The standard InChI is InChI=1S/C27H30Cl2N6O3S/c28-20-3-4-21(22(29)18-20)23-5-6-25(31-30-23)33-9-11-34(12-10-33)26(36)19-35(27(37)24-2-1-17-39-24)8-7-32-13-15-38-16-14-32/h1-6,17-18H,7-16,19H2. The molecule has 39 heavy (non-hydrogen) atoms. The van der Waals surface area contributed by atoms with Crippen LogP contribution in [0.25, 0.3) is 11.3 Å². The van der Waals surface area contributed by atoms with Gasteiger partial charge in [0.25, 0.3) is 5.91 Å².